The molecular formula is C19H19FN2O2. The van der Waals surface area contributed by atoms with Gasteiger partial charge >= 0.3 is 0 Å². The fourth-order valence-corrected chi connectivity index (χ4v) is 2.87. The topological polar surface area (TPSA) is 58.2 Å². The summed E-state index contributed by atoms with van der Waals surface area (Å²) in [4.78, 5) is 25.2. The van der Waals surface area contributed by atoms with Gasteiger partial charge in [-0.3, -0.25) is 9.59 Å². The van der Waals surface area contributed by atoms with Gasteiger partial charge in [0.15, 0.2) is 5.78 Å². The minimum atomic E-state index is -0.401. The molecule has 0 saturated carbocycles. The summed E-state index contributed by atoms with van der Waals surface area (Å²) in [7, 11) is 0. The van der Waals surface area contributed by atoms with Crippen LogP contribution in [0.5, 0.6) is 0 Å². The number of nitrogens with one attached hydrogen (secondary N) is 2. The number of hydrogen-bond donors (Lipinski definition) is 2. The Morgan fingerprint density at radius 1 is 1.04 bits per heavy atom. The molecule has 5 heteroatoms. The average Bonchev–Trinajstić information content (AvgIpc) is 2.62. The van der Waals surface area contributed by atoms with E-state index in [1.165, 1.54) is 24.3 Å². The first kappa shape index (κ1) is 16.3. The van der Waals surface area contributed by atoms with Gasteiger partial charge in [0.1, 0.15) is 5.82 Å². The molecule has 3 rings (SSSR count). The molecule has 0 spiro atoms. The summed E-state index contributed by atoms with van der Waals surface area (Å²) >= 11 is 0. The van der Waals surface area contributed by atoms with Gasteiger partial charge in [-0.1, -0.05) is 18.2 Å². The minimum Gasteiger partial charge on any atom is -0.348 e. The lowest BCUT2D eigenvalue weighted by molar-refractivity contribution is 0.0921. The maximum absolute atomic E-state index is 13.0. The predicted octanol–water partition coefficient (Wildman–Crippen LogP) is 2.54. The summed E-state index contributed by atoms with van der Waals surface area (Å²) in [5, 5.41) is 6.22. The van der Waals surface area contributed by atoms with Gasteiger partial charge in [-0.15, -0.1) is 0 Å². The van der Waals surface area contributed by atoms with E-state index in [9.17, 15) is 14.0 Å². The highest BCUT2D eigenvalue weighted by atomic mass is 19.1. The van der Waals surface area contributed by atoms with Crippen molar-refractivity contribution in [1.29, 1.82) is 0 Å². The number of ketones is 1. The summed E-state index contributed by atoms with van der Waals surface area (Å²) in [5.41, 5.74) is 1.03. The number of halogens is 1. The van der Waals surface area contributed by atoms with Crippen molar-refractivity contribution in [3.63, 3.8) is 0 Å². The maximum Gasteiger partial charge on any atom is 0.252 e. The monoisotopic (exact) mass is 326 g/mol. The first-order chi connectivity index (χ1) is 11.6. The zero-order valence-electron chi connectivity index (χ0n) is 13.2. The van der Waals surface area contributed by atoms with Crippen LogP contribution >= 0.6 is 0 Å². The van der Waals surface area contributed by atoms with Crippen molar-refractivity contribution in [2.75, 3.05) is 13.1 Å². The van der Waals surface area contributed by atoms with Gasteiger partial charge < -0.3 is 10.6 Å². The van der Waals surface area contributed by atoms with Crippen molar-refractivity contribution in [2.45, 2.75) is 18.9 Å². The van der Waals surface area contributed by atoms with Crippen LogP contribution in [0, 0.1) is 5.82 Å². The van der Waals surface area contributed by atoms with Gasteiger partial charge in [-0.2, -0.15) is 0 Å². The van der Waals surface area contributed by atoms with E-state index in [1.807, 2.05) is 0 Å². The molecule has 1 saturated heterocycles. The highest BCUT2D eigenvalue weighted by Gasteiger charge is 2.21. The fraction of sp³-hybridized carbons (Fsp3) is 0.263. The van der Waals surface area contributed by atoms with E-state index >= 15 is 0 Å². The Morgan fingerprint density at radius 3 is 2.42 bits per heavy atom. The first-order valence-electron chi connectivity index (χ1n) is 8.06. The average molecular weight is 326 g/mol. The molecule has 4 nitrogen and oxygen atoms in total. The highest BCUT2D eigenvalue weighted by Crippen LogP contribution is 2.16. The normalized spacial score (nSPS) is 17.3. The molecule has 1 amide bonds. The maximum atomic E-state index is 13.0. The Hall–Kier alpha value is -2.53. The lowest BCUT2D eigenvalue weighted by Gasteiger charge is -2.24. The van der Waals surface area contributed by atoms with Crippen molar-refractivity contribution in [3.8, 4) is 0 Å². The minimum absolute atomic E-state index is 0.0697. The quantitative estimate of drug-likeness (QED) is 0.849. The second-order valence-corrected chi connectivity index (χ2v) is 5.90. The van der Waals surface area contributed by atoms with Crippen LogP contribution in [0.2, 0.25) is 0 Å². The summed E-state index contributed by atoms with van der Waals surface area (Å²) < 4.78 is 13.0. The fourth-order valence-electron chi connectivity index (χ4n) is 2.87. The Morgan fingerprint density at radius 2 is 1.75 bits per heavy atom. The number of amides is 1. The molecular weight excluding hydrogens is 307 g/mol. The molecule has 2 aromatic rings. The first-order valence-corrected chi connectivity index (χ1v) is 8.06. The van der Waals surface area contributed by atoms with Gasteiger partial charge in [-0.05, 0) is 49.7 Å². The molecule has 2 N–H and O–H groups in total. The summed E-state index contributed by atoms with van der Waals surface area (Å²) in [6, 6.07) is 12.1. The number of piperidine rings is 1. The predicted molar refractivity (Wildman–Crippen MR) is 89.6 cm³/mol. The van der Waals surface area contributed by atoms with Crippen molar-refractivity contribution in [1.82, 2.24) is 10.6 Å². The molecule has 1 fully saturated rings. The van der Waals surface area contributed by atoms with Crippen molar-refractivity contribution >= 4 is 11.7 Å². The van der Waals surface area contributed by atoms with Crippen LogP contribution in [0.4, 0.5) is 4.39 Å². The Balaban J connectivity index is 1.83. The molecule has 124 valence electrons. The van der Waals surface area contributed by atoms with Crippen molar-refractivity contribution < 1.29 is 14.0 Å². The molecule has 1 atom stereocenters. The van der Waals surface area contributed by atoms with Crippen LogP contribution in [-0.2, 0) is 0 Å². The summed E-state index contributed by atoms with van der Waals surface area (Å²) in [5.74, 6) is -0.945. The van der Waals surface area contributed by atoms with Gasteiger partial charge in [0.2, 0.25) is 0 Å². The standard InChI is InChI=1S/C19H19FN2O2/c20-14-9-7-13(8-10-14)18(23)16-5-1-2-6-17(16)19(24)22-15-4-3-11-21-12-15/h1-2,5-10,15,21H,3-4,11-12H2,(H,22,24). The van der Waals surface area contributed by atoms with Crippen LogP contribution in [0.3, 0.4) is 0 Å². The molecule has 1 aliphatic heterocycles. The van der Waals surface area contributed by atoms with E-state index in [-0.39, 0.29) is 17.7 Å². The van der Waals surface area contributed by atoms with E-state index < -0.39 is 5.82 Å². The molecule has 0 aliphatic carbocycles. The number of carbonyl (C=O) groups excluding carboxylic acids is 2. The zero-order valence-corrected chi connectivity index (χ0v) is 13.2. The van der Waals surface area contributed by atoms with Gasteiger partial charge in [0.25, 0.3) is 5.91 Å². The van der Waals surface area contributed by atoms with Crippen LogP contribution in [0.25, 0.3) is 0 Å². The van der Waals surface area contributed by atoms with Crippen molar-refractivity contribution in [2.24, 2.45) is 0 Å². The molecule has 1 unspecified atom stereocenters. The second-order valence-electron chi connectivity index (χ2n) is 5.90. The van der Waals surface area contributed by atoms with Gasteiger partial charge in [-0.25, -0.2) is 4.39 Å². The van der Waals surface area contributed by atoms with Gasteiger partial charge in [0.05, 0.1) is 5.56 Å². The number of benzene rings is 2. The molecule has 0 bridgehead atoms. The molecule has 0 radical (unpaired) electrons. The summed E-state index contributed by atoms with van der Waals surface area (Å²) in [6.45, 7) is 1.70. The molecule has 24 heavy (non-hydrogen) atoms. The van der Waals surface area contributed by atoms with Crippen LogP contribution < -0.4 is 10.6 Å². The second kappa shape index (κ2) is 7.36. The lowest BCUT2D eigenvalue weighted by atomic mass is 9.97. The SMILES string of the molecule is O=C(NC1CCCNC1)c1ccccc1C(=O)c1ccc(F)cc1. The number of hydrogen-bond acceptors (Lipinski definition) is 3. The summed E-state index contributed by atoms with van der Waals surface area (Å²) in [6.07, 6.45) is 1.94. The van der Waals surface area contributed by atoms with Crippen LogP contribution in [0.15, 0.2) is 48.5 Å². The highest BCUT2D eigenvalue weighted by molar-refractivity contribution is 6.15. The molecule has 1 heterocycles. The third-order valence-electron chi connectivity index (χ3n) is 4.15. The van der Waals surface area contributed by atoms with E-state index in [4.69, 9.17) is 0 Å². The Bertz CT molecular complexity index is 737. The smallest absolute Gasteiger partial charge is 0.252 e. The van der Waals surface area contributed by atoms with Crippen LogP contribution in [0.1, 0.15) is 39.1 Å². The molecule has 2 aromatic carbocycles. The van der Waals surface area contributed by atoms with Gasteiger partial charge in [0, 0.05) is 23.7 Å². The molecule has 0 aromatic heterocycles. The van der Waals surface area contributed by atoms with Crippen LogP contribution in [-0.4, -0.2) is 30.8 Å². The van der Waals surface area contributed by atoms with E-state index in [0.29, 0.717) is 16.7 Å². The number of carbonyl (C=O) groups is 2. The third-order valence-corrected chi connectivity index (χ3v) is 4.15. The van der Waals surface area contributed by atoms with E-state index in [0.717, 1.165) is 25.9 Å². The van der Waals surface area contributed by atoms with E-state index in [1.54, 1.807) is 24.3 Å². The number of rotatable bonds is 4. The molecule has 1 aliphatic rings. The third kappa shape index (κ3) is 3.68. The van der Waals surface area contributed by atoms with E-state index in [2.05, 4.69) is 10.6 Å². The largest absolute Gasteiger partial charge is 0.348 e. The Labute approximate surface area is 140 Å². The zero-order chi connectivity index (χ0) is 16.9. The lowest BCUT2D eigenvalue weighted by Crippen LogP contribution is -2.45. The van der Waals surface area contributed by atoms with Crippen molar-refractivity contribution in [3.05, 3.63) is 71.0 Å². The Kier molecular flexibility index (Phi) is 5.01.